The molecule has 0 unspecified atom stereocenters. The van der Waals surface area contributed by atoms with Crippen LogP contribution in [0.25, 0.3) is 5.76 Å². The van der Waals surface area contributed by atoms with E-state index in [1.807, 2.05) is 0 Å². The summed E-state index contributed by atoms with van der Waals surface area (Å²) < 4.78 is 68.3. The molecule has 1 fully saturated rings. The van der Waals surface area contributed by atoms with Gasteiger partial charge in [0.15, 0.2) is 5.88 Å². The van der Waals surface area contributed by atoms with Crippen LogP contribution in [0.4, 0.5) is 22.1 Å². The van der Waals surface area contributed by atoms with Crippen molar-refractivity contribution in [2.45, 2.75) is 0 Å². The summed E-state index contributed by atoms with van der Waals surface area (Å²) in [7, 11) is -4.08. The molecule has 0 bridgehead atoms. The van der Waals surface area contributed by atoms with Crippen LogP contribution < -0.4 is 15.9 Å². The number of aromatic nitrogens is 2. The number of fused-ring (bicyclic) bond motifs is 1. The highest BCUT2D eigenvalue weighted by atomic mass is 19.3. The number of nitrogens with zero attached hydrogens (tertiary/aromatic N) is 4. The lowest BCUT2D eigenvalue weighted by molar-refractivity contribution is -0.134. The van der Waals surface area contributed by atoms with Crippen LogP contribution in [0.5, 0.6) is 5.88 Å². The van der Waals surface area contributed by atoms with E-state index in [1.54, 1.807) is 0 Å². The van der Waals surface area contributed by atoms with Crippen molar-refractivity contribution in [1.82, 2.24) is 18.9 Å². The Labute approximate surface area is 205 Å². The number of allylic oxidation sites excluding steroid dienone is 5. The first kappa shape index (κ1) is 27.1. The second kappa shape index (κ2) is 9.87. The van der Waals surface area contributed by atoms with E-state index in [-0.39, 0.29) is 0 Å². The van der Waals surface area contributed by atoms with Gasteiger partial charge in [0, 0.05) is 28.2 Å². The molecule has 3 rings (SSSR count). The summed E-state index contributed by atoms with van der Waals surface area (Å²) >= 11 is 0. The van der Waals surface area contributed by atoms with Crippen molar-refractivity contribution in [1.29, 1.82) is 0 Å². The number of amides is 4. The van der Waals surface area contributed by atoms with Gasteiger partial charge >= 0.3 is 26.3 Å². The Balaban J connectivity index is 2.00. The van der Waals surface area contributed by atoms with E-state index in [0.717, 1.165) is 58.6 Å². The second-order valence-electron chi connectivity index (χ2n) is 7.56. The van der Waals surface area contributed by atoms with Crippen molar-refractivity contribution in [2.75, 3.05) is 14.1 Å². The van der Waals surface area contributed by atoms with Gasteiger partial charge in [-0.05, 0) is 12.2 Å². The first-order chi connectivity index (χ1) is 17.2. The third kappa shape index (κ3) is 5.07. The summed E-state index contributed by atoms with van der Waals surface area (Å²) in [5.74, 6) is -4.59. The van der Waals surface area contributed by atoms with Gasteiger partial charge in [-0.1, -0.05) is 18.2 Å². The molecule has 2 aliphatic heterocycles. The van der Waals surface area contributed by atoms with Crippen LogP contribution in [0.15, 0.2) is 51.3 Å². The standard InChI is InChI=1S/C19H17B2F4N4O8/c1-26-14(30)12(15(31)27(2)18(26)33)10(35-20(22)23)8-6-5-7-9-11-13-16(32)28(3)19(34)29(4)17(13)37-21(24,25)36-11/h5-9H,1-4H3/q-1/b7-5+,8-6+,11-9-. The SMILES string of the molecule is CN1C(=O)C(=C(/C=C/C=C/C=C2\O[B-](F)(F)Oc3c2c(=O)n(C)c(=O)n3C)OB(F)F)C(=O)N(C)C1=O. The van der Waals surface area contributed by atoms with Crippen molar-refractivity contribution < 1.29 is 45.6 Å². The number of imide groups is 2. The maximum absolute atomic E-state index is 14.0. The molecule has 12 nitrogen and oxygen atoms in total. The van der Waals surface area contributed by atoms with Crippen LogP contribution in [-0.4, -0.2) is 65.5 Å². The molecule has 1 aromatic rings. The maximum atomic E-state index is 14.0. The highest BCUT2D eigenvalue weighted by Gasteiger charge is 2.42. The molecule has 1 saturated heterocycles. The van der Waals surface area contributed by atoms with Crippen molar-refractivity contribution in [3.05, 3.63) is 68.1 Å². The van der Waals surface area contributed by atoms with E-state index in [1.165, 1.54) is 0 Å². The highest BCUT2D eigenvalue weighted by Crippen LogP contribution is 2.34. The van der Waals surface area contributed by atoms with Crippen LogP contribution >= 0.6 is 0 Å². The topological polar surface area (TPSA) is 129 Å². The van der Waals surface area contributed by atoms with Gasteiger partial charge in [0.25, 0.3) is 17.4 Å². The number of hydrogen-bond donors (Lipinski definition) is 0. The molecule has 0 spiro atoms. The number of carbonyl (C=O) groups excluding carboxylic acids is 3. The van der Waals surface area contributed by atoms with E-state index in [4.69, 9.17) is 0 Å². The Morgan fingerprint density at radius 2 is 1.49 bits per heavy atom. The van der Waals surface area contributed by atoms with Crippen LogP contribution in [-0.2, 0) is 33.0 Å². The lowest BCUT2D eigenvalue weighted by atomic mass is 10.1. The molecule has 0 aromatic carbocycles. The van der Waals surface area contributed by atoms with Crippen molar-refractivity contribution in [3.8, 4) is 5.88 Å². The number of likely N-dealkylation sites (N-methyl/N-ethyl adjacent to an activating group) is 2. The minimum absolute atomic E-state index is 0.469. The minimum Gasteiger partial charge on any atom is -0.627 e. The summed E-state index contributed by atoms with van der Waals surface area (Å²) in [4.78, 5) is 62.1. The molecule has 0 radical (unpaired) electrons. The second-order valence-corrected chi connectivity index (χ2v) is 7.56. The number of rotatable bonds is 5. The predicted molar refractivity (Wildman–Crippen MR) is 120 cm³/mol. The van der Waals surface area contributed by atoms with E-state index >= 15 is 0 Å². The van der Waals surface area contributed by atoms with Crippen LogP contribution in [0.2, 0.25) is 0 Å². The Kier molecular flexibility index (Phi) is 7.22. The zero-order valence-electron chi connectivity index (χ0n) is 19.6. The fraction of sp³-hybridized carbons (Fsp3) is 0.211. The monoisotopic (exact) mass is 527 g/mol. The lowest BCUT2D eigenvalue weighted by Crippen LogP contribution is -2.53. The van der Waals surface area contributed by atoms with Crippen LogP contribution in [0.1, 0.15) is 5.56 Å². The molecular formula is C19H17B2F4N4O8-. The van der Waals surface area contributed by atoms with Gasteiger partial charge in [0.1, 0.15) is 16.9 Å². The van der Waals surface area contributed by atoms with E-state index in [2.05, 4.69) is 14.0 Å². The molecule has 3 heterocycles. The smallest absolute Gasteiger partial charge is 0.627 e. The molecule has 0 N–H and O–H groups in total. The Hall–Kier alpha value is -4.50. The maximum Gasteiger partial charge on any atom is 0.796 e. The summed E-state index contributed by atoms with van der Waals surface area (Å²) in [5, 5.41) is 0. The van der Waals surface area contributed by atoms with E-state index in [0.29, 0.717) is 18.9 Å². The molecule has 0 atom stereocenters. The number of halogens is 4. The summed E-state index contributed by atoms with van der Waals surface area (Å²) in [6.07, 6.45) is 4.90. The molecule has 4 amide bonds. The van der Waals surface area contributed by atoms with Gasteiger partial charge in [0.2, 0.25) is 0 Å². The Morgan fingerprint density at radius 3 is 2.05 bits per heavy atom. The first-order valence-corrected chi connectivity index (χ1v) is 10.2. The third-order valence-electron chi connectivity index (χ3n) is 5.16. The van der Waals surface area contributed by atoms with Gasteiger partial charge in [-0.25, -0.2) is 18.2 Å². The molecule has 18 heteroatoms. The van der Waals surface area contributed by atoms with Crippen molar-refractivity contribution in [3.63, 3.8) is 0 Å². The average Bonchev–Trinajstić information content (AvgIpc) is 2.82. The van der Waals surface area contributed by atoms with Crippen molar-refractivity contribution >= 4 is 38.2 Å². The van der Waals surface area contributed by atoms with Gasteiger partial charge in [-0.3, -0.25) is 33.3 Å². The van der Waals surface area contributed by atoms with E-state index in [9.17, 15) is 41.2 Å². The minimum atomic E-state index is -4.94. The molecule has 37 heavy (non-hydrogen) atoms. The number of carbonyl (C=O) groups is 3. The fourth-order valence-electron chi connectivity index (χ4n) is 3.32. The quantitative estimate of drug-likeness (QED) is 0.136. The number of urea groups is 1. The molecule has 2 aliphatic rings. The highest BCUT2D eigenvalue weighted by molar-refractivity contribution is 6.54. The Bertz CT molecular complexity index is 1400. The first-order valence-electron chi connectivity index (χ1n) is 10.2. The average molecular weight is 527 g/mol. The molecule has 0 aliphatic carbocycles. The third-order valence-corrected chi connectivity index (χ3v) is 5.16. The molecule has 0 saturated carbocycles. The number of barbiturate groups is 1. The summed E-state index contributed by atoms with van der Waals surface area (Å²) in [5.41, 5.74) is -3.21. The van der Waals surface area contributed by atoms with Gasteiger partial charge in [-0.2, -0.15) is 0 Å². The van der Waals surface area contributed by atoms with Crippen LogP contribution in [0, 0.1) is 0 Å². The van der Waals surface area contributed by atoms with Crippen molar-refractivity contribution in [2.24, 2.45) is 14.1 Å². The summed E-state index contributed by atoms with van der Waals surface area (Å²) in [6, 6.07) is -0.982. The van der Waals surface area contributed by atoms with E-state index < -0.39 is 72.2 Å². The zero-order chi connectivity index (χ0) is 27.8. The summed E-state index contributed by atoms with van der Waals surface area (Å²) in [6.45, 7) is 0. The zero-order valence-corrected chi connectivity index (χ0v) is 19.6. The number of hydrogen-bond acceptors (Lipinski definition) is 8. The Morgan fingerprint density at radius 1 is 0.892 bits per heavy atom. The normalized spacial score (nSPS) is 18.4. The lowest BCUT2D eigenvalue weighted by Gasteiger charge is -2.36. The molecular weight excluding hydrogens is 510 g/mol. The largest absolute Gasteiger partial charge is 0.796 e. The van der Waals surface area contributed by atoms with Gasteiger partial charge < -0.3 is 22.6 Å². The predicted octanol–water partition coefficient (Wildman–Crippen LogP) is 0.566. The van der Waals surface area contributed by atoms with Gasteiger partial charge in [0.05, 0.1) is 5.76 Å². The molecule has 196 valence electrons. The van der Waals surface area contributed by atoms with Crippen LogP contribution in [0.3, 0.4) is 0 Å². The van der Waals surface area contributed by atoms with Gasteiger partial charge in [-0.15, -0.1) is 0 Å². The fourth-order valence-corrected chi connectivity index (χ4v) is 3.32. The molecule has 1 aromatic heterocycles.